The topological polar surface area (TPSA) is 91.8 Å². The predicted octanol–water partition coefficient (Wildman–Crippen LogP) is 4.66. The number of sulfone groups is 2. The fourth-order valence-electron chi connectivity index (χ4n) is 6.62. The minimum absolute atomic E-state index is 0.0166. The van der Waals surface area contributed by atoms with Gasteiger partial charge in [-0.3, -0.25) is 4.79 Å². The zero-order chi connectivity index (χ0) is 32.7. The fourth-order valence-corrected chi connectivity index (χ4v) is 10.4. The summed E-state index contributed by atoms with van der Waals surface area (Å²) in [6, 6.07) is 3.84. The van der Waals surface area contributed by atoms with E-state index in [9.17, 15) is 52.4 Å². The van der Waals surface area contributed by atoms with Crippen LogP contribution in [-0.2, 0) is 34.9 Å². The van der Waals surface area contributed by atoms with Gasteiger partial charge < -0.3 is 9.80 Å². The predicted molar refractivity (Wildman–Crippen MR) is 141 cm³/mol. The molecule has 2 aromatic carbocycles. The van der Waals surface area contributed by atoms with E-state index in [1.54, 1.807) is 0 Å². The first kappa shape index (κ1) is 32.4. The van der Waals surface area contributed by atoms with Crippen LogP contribution in [0.15, 0.2) is 47.4 Å². The third kappa shape index (κ3) is 4.75. The van der Waals surface area contributed by atoms with E-state index in [2.05, 4.69) is 0 Å². The van der Waals surface area contributed by atoms with Crippen LogP contribution in [0.5, 0.6) is 0 Å². The van der Waals surface area contributed by atoms with E-state index >= 15 is 4.39 Å². The Labute approximate surface area is 247 Å². The maximum Gasteiger partial charge on any atom is 0.435 e. The van der Waals surface area contributed by atoms with Gasteiger partial charge in [-0.1, -0.05) is 18.2 Å². The lowest BCUT2D eigenvalue weighted by atomic mass is 9.82. The monoisotopic (exact) mass is 674 g/mol. The van der Waals surface area contributed by atoms with E-state index in [0.717, 1.165) is 23.1 Å². The van der Waals surface area contributed by atoms with Crippen molar-refractivity contribution in [1.82, 2.24) is 4.90 Å². The molecule has 0 spiro atoms. The highest BCUT2D eigenvalue weighted by atomic mass is 32.2. The maximum atomic E-state index is 15.0. The van der Waals surface area contributed by atoms with Gasteiger partial charge in [0.2, 0.25) is 5.91 Å². The second-order valence-corrected chi connectivity index (χ2v) is 15.9. The van der Waals surface area contributed by atoms with Crippen molar-refractivity contribution in [2.24, 2.45) is 5.92 Å². The van der Waals surface area contributed by atoms with Gasteiger partial charge in [0.15, 0.2) is 9.84 Å². The van der Waals surface area contributed by atoms with Crippen molar-refractivity contribution >= 4 is 31.3 Å². The summed E-state index contributed by atoms with van der Waals surface area (Å²) in [4.78, 5) is 15.6. The molecule has 2 aromatic rings. The van der Waals surface area contributed by atoms with Crippen LogP contribution in [0.2, 0.25) is 0 Å². The molecule has 0 radical (unpaired) electrons. The van der Waals surface area contributed by atoms with Crippen molar-refractivity contribution in [1.29, 1.82) is 0 Å². The lowest BCUT2D eigenvalue weighted by molar-refractivity contribution is -0.348. The quantitative estimate of drug-likeness (QED) is 0.439. The van der Waals surface area contributed by atoms with Gasteiger partial charge in [0.05, 0.1) is 22.4 Å². The smallest absolute Gasteiger partial charge is 0.372 e. The molecule has 242 valence electrons. The summed E-state index contributed by atoms with van der Waals surface area (Å²) in [6.45, 7) is -0.618. The average molecular weight is 675 g/mol. The SMILES string of the molecule is CN1CC2N(C(=O)C3CCS(=O)(=O)CC3)CCC2(S(=O)(=O)c2cccc(F)c2)c2ccc(C(F)(C(F)(F)F)C(F)(F)F)cc21. The molecule has 2 saturated heterocycles. The molecule has 0 bridgehead atoms. The number of benzene rings is 2. The second kappa shape index (κ2) is 10.3. The van der Waals surface area contributed by atoms with E-state index in [-0.39, 0.29) is 48.9 Å². The van der Waals surface area contributed by atoms with Crippen LogP contribution in [0.3, 0.4) is 0 Å². The number of likely N-dealkylation sites (N-methyl/N-ethyl adjacent to an activating group) is 1. The Hall–Kier alpha value is -2.95. The van der Waals surface area contributed by atoms with Crippen molar-refractivity contribution in [3.8, 4) is 0 Å². The summed E-state index contributed by atoms with van der Waals surface area (Å²) in [5.74, 6) is -2.78. The molecule has 2 unspecified atom stereocenters. The number of alkyl halides is 7. The van der Waals surface area contributed by atoms with E-state index in [1.807, 2.05) is 0 Å². The highest BCUT2D eigenvalue weighted by molar-refractivity contribution is 7.92. The zero-order valence-corrected chi connectivity index (χ0v) is 24.6. The first-order chi connectivity index (χ1) is 20.2. The Bertz CT molecular complexity index is 1680. The number of fused-ring (bicyclic) bond motifs is 3. The van der Waals surface area contributed by atoms with Crippen LogP contribution in [0.25, 0.3) is 0 Å². The summed E-state index contributed by atoms with van der Waals surface area (Å²) in [7, 11) is -6.85. The molecule has 17 heteroatoms. The van der Waals surface area contributed by atoms with E-state index in [1.165, 1.54) is 11.9 Å². The van der Waals surface area contributed by atoms with Crippen molar-refractivity contribution in [3.05, 3.63) is 59.4 Å². The highest BCUT2D eigenvalue weighted by Gasteiger charge is 2.74. The number of anilines is 1. The number of amides is 1. The van der Waals surface area contributed by atoms with Gasteiger partial charge in [-0.15, -0.1) is 0 Å². The number of rotatable bonds is 4. The van der Waals surface area contributed by atoms with Crippen LogP contribution < -0.4 is 4.90 Å². The van der Waals surface area contributed by atoms with Crippen molar-refractivity contribution in [3.63, 3.8) is 0 Å². The summed E-state index contributed by atoms with van der Waals surface area (Å²) in [6.07, 6.45) is -13.2. The maximum absolute atomic E-state index is 15.0. The van der Waals surface area contributed by atoms with Crippen LogP contribution in [-0.4, -0.2) is 77.7 Å². The Morgan fingerprint density at radius 3 is 2.14 bits per heavy atom. The highest BCUT2D eigenvalue weighted by Crippen LogP contribution is 2.57. The molecule has 2 atom stereocenters. The van der Waals surface area contributed by atoms with E-state index in [0.29, 0.717) is 18.2 Å². The third-order valence-electron chi connectivity index (χ3n) is 8.90. The second-order valence-electron chi connectivity index (χ2n) is 11.3. The van der Waals surface area contributed by atoms with Gasteiger partial charge in [0.25, 0.3) is 0 Å². The Morgan fingerprint density at radius 1 is 0.955 bits per heavy atom. The van der Waals surface area contributed by atoms with Crippen LogP contribution in [0.4, 0.5) is 40.8 Å². The molecule has 0 saturated carbocycles. The zero-order valence-electron chi connectivity index (χ0n) is 22.9. The summed E-state index contributed by atoms with van der Waals surface area (Å²) in [5, 5.41) is 0. The molecule has 0 aromatic heterocycles. The minimum Gasteiger partial charge on any atom is -0.372 e. The number of halogens is 8. The minimum atomic E-state index is -6.41. The standard InChI is InChI=1S/C27H26F8N2O5S2/c1-36-15-22-24(44(41,42)19-4-2-3-18(28)14-19,9-10-37(22)23(38)16-7-11-43(39,40)12-8-16)20-6-5-17(13-21(20)36)25(29,26(30,31)32)27(33,34)35/h2-6,13-14,16,22H,7-12,15H2,1H3. The third-order valence-corrected chi connectivity index (χ3v) is 13.1. The Morgan fingerprint density at radius 2 is 1.57 bits per heavy atom. The number of carbonyl (C=O) groups is 1. The van der Waals surface area contributed by atoms with Gasteiger partial charge in [-0.05, 0) is 49.1 Å². The molecule has 44 heavy (non-hydrogen) atoms. The van der Waals surface area contributed by atoms with Gasteiger partial charge in [-0.2, -0.15) is 26.3 Å². The van der Waals surface area contributed by atoms with Gasteiger partial charge >= 0.3 is 18.0 Å². The number of carbonyl (C=O) groups excluding carboxylic acids is 1. The van der Waals surface area contributed by atoms with Gasteiger partial charge in [0.1, 0.15) is 20.4 Å². The summed E-state index contributed by atoms with van der Waals surface area (Å²) >= 11 is 0. The molecule has 3 heterocycles. The molecule has 0 aliphatic carbocycles. The van der Waals surface area contributed by atoms with Crippen molar-refractivity contribution in [2.45, 2.75) is 53.0 Å². The largest absolute Gasteiger partial charge is 0.435 e. The summed E-state index contributed by atoms with van der Waals surface area (Å²) in [5.41, 5.74) is -8.31. The number of hydrogen-bond acceptors (Lipinski definition) is 6. The average Bonchev–Trinajstić information content (AvgIpc) is 3.32. The van der Waals surface area contributed by atoms with E-state index in [4.69, 9.17) is 0 Å². The van der Waals surface area contributed by atoms with Crippen LogP contribution in [0.1, 0.15) is 30.4 Å². The Kier molecular flexibility index (Phi) is 7.59. The molecule has 1 amide bonds. The lowest BCUT2D eigenvalue weighted by Crippen LogP contribution is -2.58. The first-order valence-corrected chi connectivity index (χ1v) is 16.7. The molecular weight excluding hydrogens is 648 g/mol. The van der Waals surface area contributed by atoms with Crippen molar-refractivity contribution < 1.29 is 56.8 Å². The molecule has 3 aliphatic rings. The fraction of sp³-hybridized carbons (Fsp3) is 0.519. The molecular formula is C27H26F8N2O5S2. The molecule has 0 N–H and O–H groups in total. The van der Waals surface area contributed by atoms with Crippen molar-refractivity contribution in [2.75, 3.05) is 36.5 Å². The van der Waals surface area contributed by atoms with Crippen LogP contribution in [0, 0.1) is 11.7 Å². The molecule has 7 nitrogen and oxygen atoms in total. The van der Waals surface area contributed by atoms with Crippen LogP contribution >= 0.6 is 0 Å². The summed E-state index contributed by atoms with van der Waals surface area (Å²) < 4.78 is 161. The molecule has 5 rings (SSSR count). The number of hydrogen-bond donors (Lipinski definition) is 0. The first-order valence-electron chi connectivity index (χ1n) is 13.4. The number of nitrogens with zero attached hydrogens (tertiary/aromatic N) is 2. The number of likely N-dealkylation sites (tertiary alicyclic amines) is 1. The van der Waals surface area contributed by atoms with E-state index < -0.39 is 88.8 Å². The molecule has 3 aliphatic heterocycles. The Balaban J connectivity index is 1.70. The molecule has 2 fully saturated rings. The lowest BCUT2D eigenvalue weighted by Gasteiger charge is -2.47. The normalized spacial score (nSPS) is 24.6. The van der Waals surface area contributed by atoms with Gasteiger partial charge in [0, 0.05) is 37.3 Å². The van der Waals surface area contributed by atoms with Gasteiger partial charge in [-0.25, -0.2) is 25.6 Å².